The van der Waals surface area contributed by atoms with Crippen LogP contribution in [0.25, 0.3) is 16.8 Å². The van der Waals surface area contributed by atoms with Gasteiger partial charge >= 0.3 is 0 Å². The lowest BCUT2D eigenvalue weighted by Crippen LogP contribution is -2.34. The van der Waals surface area contributed by atoms with Crippen molar-refractivity contribution in [2.24, 2.45) is 0 Å². The summed E-state index contributed by atoms with van der Waals surface area (Å²) in [5.74, 6) is -1.60. The van der Waals surface area contributed by atoms with E-state index in [1.54, 1.807) is 12.3 Å². The molecule has 44 heavy (non-hydrogen) atoms. The lowest BCUT2D eigenvalue weighted by atomic mass is 9.86. The van der Waals surface area contributed by atoms with E-state index < -0.39 is 11.6 Å². The molecule has 5 rings (SSSR count). The van der Waals surface area contributed by atoms with Crippen LogP contribution in [-0.4, -0.2) is 54.6 Å². The maximum Gasteiger partial charge on any atom is 0.292 e. The zero-order chi connectivity index (χ0) is 32.1. The molecule has 2 atom stereocenters. The predicted octanol–water partition coefficient (Wildman–Crippen LogP) is 6.21. The Hall–Kier alpha value is -4.32. The Balaban J connectivity index is 0.000000816. The normalized spacial score (nSPS) is 17.5. The van der Waals surface area contributed by atoms with E-state index in [1.165, 1.54) is 19.4 Å². The molecule has 2 bridgehead atoms. The minimum Gasteiger partial charge on any atom is -0.479 e. The van der Waals surface area contributed by atoms with Crippen molar-refractivity contribution in [3.05, 3.63) is 94.9 Å². The number of carbonyl (C=O) groups excluding carboxylic acids is 2. The lowest BCUT2D eigenvalue weighted by Gasteiger charge is -2.24. The number of hydroxylamine groups is 1. The van der Waals surface area contributed by atoms with Crippen molar-refractivity contribution in [2.45, 2.75) is 37.6 Å². The van der Waals surface area contributed by atoms with Gasteiger partial charge in [0.15, 0.2) is 5.82 Å². The summed E-state index contributed by atoms with van der Waals surface area (Å²) in [5, 5.41) is 13.0. The smallest absolute Gasteiger partial charge is 0.292 e. The number of benzene rings is 2. The second-order valence-electron chi connectivity index (χ2n) is 9.66. The lowest BCUT2D eigenvalue weighted by molar-refractivity contribution is -0.126. The summed E-state index contributed by atoms with van der Waals surface area (Å²) in [6, 6.07) is 11.9. The van der Waals surface area contributed by atoms with E-state index >= 15 is 0 Å². The fourth-order valence-electron chi connectivity index (χ4n) is 4.92. The van der Waals surface area contributed by atoms with Crippen LogP contribution in [0.4, 0.5) is 20.2 Å². The van der Waals surface area contributed by atoms with Gasteiger partial charge in [-0.2, -0.15) is 0 Å². The van der Waals surface area contributed by atoms with Gasteiger partial charge in [0.1, 0.15) is 11.9 Å². The second kappa shape index (κ2) is 17.1. The van der Waals surface area contributed by atoms with Gasteiger partial charge in [0, 0.05) is 43.9 Å². The quantitative estimate of drug-likeness (QED) is 0.154. The van der Waals surface area contributed by atoms with Crippen LogP contribution < -0.4 is 16.1 Å². The van der Waals surface area contributed by atoms with Crippen molar-refractivity contribution in [3.8, 4) is 11.3 Å². The molecule has 3 heterocycles. The first-order valence-electron chi connectivity index (χ1n) is 13.8. The van der Waals surface area contributed by atoms with Gasteiger partial charge in [-0.15, -0.1) is 0 Å². The van der Waals surface area contributed by atoms with Gasteiger partial charge in [-0.1, -0.05) is 24.1 Å². The Labute approximate surface area is 259 Å². The first-order chi connectivity index (χ1) is 21.4. The van der Waals surface area contributed by atoms with Crippen molar-refractivity contribution in [3.63, 3.8) is 0 Å². The van der Waals surface area contributed by atoms with Crippen molar-refractivity contribution >= 4 is 40.9 Å². The number of hydrogen-bond acceptors (Lipinski definition) is 7. The van der Waals surface area contributed by atoms with Gasteiger partial charge in [0.25, 0.3) is 12.7 Å². The molecular formula is C32H36ClF2N4O5+. The zero-order valence-electron chi connectivity index (χ0n) is 24.6. The molecule has 0 saturated heterocycles. The largest absolute Gasteiger partial charge is 0.479 e. The van der Waals surface area contributed by atoms with Crippen molar-refractivity contribution < 1.29 is 33.1 Å². The van der Waals surface area contributed by atoms with Gasteiger partial charge < -0.3 is 25.3 Å². The molecule has 2 aliphatic heterocycles. The SMILES string of the molecule is CNc1ccc2c(c1)NC(=O)CCCCC(C1C=CC(c3c(F)ccc(Cl)c3F)=C[OH+]N1)c1ccnc-2c1.CO.COC=O. The van der Waals surface area contributed by atoms with E-state index in [1.807, 2.05) is 43.5 Å². The topological polar surface area (TPSA) is 125 Å². The second-order valence-corrected chi connectivity index (χ2v) is 10.1. The number of allylic oxidation sites excluding steroid dienone is 2. The van der Waals surface area contributed by atoms with Gasteiger partial charge in [0.2, 0.25) is 5.91 Å². The highest BCUT2D eigenvalue weighted by atomic mass is 35.5. The van der Waals surface area contributed by atoms with Gasteiger partial charge in [-0.05, 0) is 72.4 Å². The molecule has 0 spiro atoms. The highest BCUT2D eigenvalue weighted by Gasteiger charge is 2.27. The van der Waals surface area contributed by atoms with Crippen LogP contribution in [0, 0.1) is 11.6 Å². The number of amides is 1. The van der Waals surface area contributed by atoms with E-state index in [4.69, 9.17) is 21.5 Å². The molecule has 0 saturated carbocycles. The molecule has 2 aromatic carbocycles. The number of rotatable bonds is 4. The van der Waals surface area contributed by atoms with Crippen LogP contribution in [0.1, 0.15) is 42.7 Å². The molecule has 2 aliphatic rings. The molecule has 9 nitrogen and oxygen atoms in total. The Morgan fingerprint density at radius 2 is 1.93 bits per heavy atom. The number of methoxy groups -OCH3 is 1. The van der Waals surface area contributed by atoms with Crippen molar-refractivity contribution in [1.29, 1.82) is 0 Å². The molecule has 0 aliphatic carbocycles. The molecule has 0 radical (unpaired) electrons. The minimum atomic E-state index is -0.820. The maximum absolute atomic E-state index is 14.7. The number of hydrogen-bond donors (Lipinski definition) is 4. The van der Waals surface area contributed by atoms with Crippen LogP contribution in [0.2, 0.25) is 5.02 Å². The average Bonchev–Trinajstić information content (AvgIpc) is 3.29. The van der Waals surface area contributed by atoms with E-state index in [9.17, 15) is 13.6 Å². The first-order valence-corrected chi connectivity index (χ1v) is 14.2. The molecule has 5 N–H and O–H groups in total. The Morgan fingerprint density at radius 1 is 1.16 bits per heavy atom. The number of ether oxygens (including phenoxy) is 1. The fourth-order valence-corrected chi connectivity index (χ4v) is 5.07. The minimum absolute atomic E-state index is 0.0268. The summed E-state index contributed by atoms with van der Waals surface area (Å²) in [5.41, 5.74) is 7.41. The Bertz CT molecular complexity index is 1500. The molecule has 2 unspecified atom stereocenters. The number of aliphatic hydroxyl groups is 2. The van der Waals surface area contributed by atoms with Gasteiger partial charge in [-0.25, -0.2) is 8.78 Å². The number of fused-ring (bicyclic) bond motifs is 4. The maximum atomic E-state index is 14.7. The van der Waals surface area contributed by atoms with Gasteiger partial charge in [-0.3, -0.25) is 14.6 Å². The van der Waals surface area contributed by atoms with E-state index in [0.29, 0.717) is 18.6 Å². The number of nitrogens with zero attached hydrogens (tertiary/aromatic N) is 1. The number of anilines is 2. The summed E-state index contributed by atoms with van der Waals surface area (Å²) >= 11 is 5.91. The van der Waals surface area contributed by atoms with Crippen LogP contribution in [0.3, 0.4) is 0 Å². The van der Waals surface area contributed by atoms with Crippen molar-refractivity contribution in [2.75, 3.05) is 31.9 Å². The van der Waals surface area contributed by atoms with Gasteiger partial charge in [0.05, 0.1) is 34.7 Å². The third-order valence-corrected chi connectivity index (χ3v) is 7.30. The third kappa shape index (κ3) is 8.62. The number of nitrogens with one attached hydrogen (secondary N) is 3. The summed E-state index contributed by atoms with van der Waals surface area (Å²) in [4.78, 5) is 30.5. The van der Waals surface area contributed by atoms with Crippen LogP contribution in [-0.2, 0) is 14.3 Å². The summed E-state index contributed by atoms with van der Waals surface area (Å²) in [6.45, 7) is 0.375. The molecule has 1 amide bonds. The van der Waals surface area contributed by atoms with E-state index in [0.717, 1.165) is 54.9 Å². The number of halogens is 3. The average molecular weight is 630 g/mol. The summed E-state index contributed by atoms with van der Waals surface area (Å²) in [7, 11) is 4.14. The molecular weight excluding hydrogens is 594 g/mol. The van der Waals surface area contributed by atoms with E-state index in [2.05, 4.69) is 30.7 Å². The van der Waals surface area contributed by atoms with Crippen LogP contribution in [0.15, 0.2) is 67.1 Å². The third-order valence-electron chi connectivity index (χ3n) is 7.01. The predicted molar refractivity (Wildman–Crippen MR) is 167 cm³/mol. The van der Waals surface area contributed by atoms with Crippen molar-refractivity contribution in [1.82, 2.24) is 10.5 Å². The molecule has 1 aromatic heterocycles. The van der Waals surface area contributed by atoms with E-state index in [-0.39, 0.29) is 34.0 Å². The number of aromatic nitrogens is 1. The molecule has 234 valence electrons. The summed E-state index contributed by atoms with van der Waals surface area (Å²) in [6.07, 6.45) is 9.41. The monoisotopic (exact) mass is 629 g/mol. The number of pyridine rings is 1. The van der Waals surface area contributed by atoms with Crippen LogP contribution >= 0.6 is 11.6 Å². The molecule has 3 aromatic rings. The van der Waals surface area contributed by atoms with Crippen LogP contribution in [0.5, 0.6) is 0 Å². The molecule has 12 heteroatoms. The number of aliphatic hydroxyl groups excluding tert-OH is 1. The standard InChI is InChI=1S/C29H27ClF2N4O2.C2H4O2.CH4O/c1-33-19-7-8-21-25-14-17(12-13-34-25)20(4-2-3-5-27(37)35-26(21)15-19)24-11-6-18(16-38-36-24)28-23(31)10-9-22(30)29(28)32;1-4-2-3;1-2/h6-16,20,24,33,36H,2-5H2,1H3,(H,35,37);2H,1H3;2H,1H3/p+1. The number of carbonyl (C=O) groups is 2. The highest BCUT2D eigenvalue weighted by Crippen LogP contribution is 2.35. The zero-order valence-corrected chi connectivity index (χ0v) is 25.4. The fraction of sp³-hybridized carbons (Fsp3) is 0.281. The molecule has 0 fully saturated rings. The Morgan fingerprint density at radius 3 is 2.66 bits per heavy atom. The highest BCUT2D eigenvalue weighted by molar-refractivity contribution is 6.31. The summed E-state index contributed by atoms with van der Waals surface area (Å²) < 4.78 is 33.1. The first kappa shape index (κ1) is 34.2. The Kier molecular flexibility index (Phi) is 13.3.